The van der Waals surface area contributed by atoms with Crippen molar-refractivity contribution in [1.29, 1.82) is 0 Å². The molecule has 1 saturated heterocycles. The minimum absolute atomic E-state index is 0.129. The Bertz CT molecular complexity index is 809. The lowest BCUT2D eigenvalue weighted by molar-refractivity contribution is -0.134. The highest BCUT2D eigenvalue weighted by Crippen LogP contribution is 2.27. The zero-order valence-corrected chi connectivity index (χ0v) is 15.9. The molecule has 1 aliphatic heterocycles. The number of benzene rings is 2. The molecule has 0 aromatic heterocycles. The maximum absolute atomic E-state index is 12.3. The van der Waals surface area contributed by atoms with Gasteiger partial charge in [-0.25, -0.2) is 4.79 Å². The lowest BCUT2D eigenvalue weighted by Gasteiger charge is -2.34. The summed E-state index contributed by atoms with van der Waals surface area (Å²) in [6.07, 6.45) is -0.419. The molecular weight excluding hydrogens is 391 g/mol. The first-order valence-corrected chi connectivity index (χ1v) is 9.16. The molecule has 6 nitrogen and oxygen atoms in total. The number of hydrogen-bond donors (Lipinski definition) is 0. The van der Waals surface area contributed by atoms with Gasteiger partial charge in [-0.05, 0) is 30.3 Å². The van der Waals surface area contributed by atoms with Crippen molar-refractivity contribution in [3.05, 3.63) is 58.6 Å². The summed E-state index contributed by atoms with van der Waals surface area (Å²) < 4.78 is 10.8. The van der Waals surface area contributed by atoms with Crippen LogP contribution >= 0.6 is 23.2 Å². The second-order valence-corrected chi connectivity index (χ2v) is 6.76. The first-order valence-electron chi connectivity index (χ1n) is 8.40. The predicted octanol–water partition coefficient (Wildman–Crippen LogP) is 3.72. The van der Waals surface area contributed by atoms with Crippen molar-refractivity contribution < 1.29 is 19.1 Å². The third-order valence-corrected chi connectivity index (χ3v) is 4.61. The molecule has 2 aromatic carbocycles. The van der Waals surface area contributed by atoms with Gasteiger partial charge in [-0.2, -0.15) is 0 Å². The fourth-order valence-corrected chi connectivity index (χ4v) is 3.08. The van der Waals surface area contributed by atoms with Gasteiger partial charge in [0.15, 0.2) is 6.61 Å². The number of amides is 2. The molecule has 0 bridgehead atoms. The van der Waals surface area contributed by atoms with E-state index in [1.54, 1.807) is 52.3 Å². The fourth-order valence-electron chi connectivity index (χ4n) is 2.62. The molecule has 0 spiro atoms. The second-order valence-electron chi connectivity index (χ2n) is 5.91. The third kappa shape index (κ3) is 5.28. The standard InChI is InChI=1S/C19H18Cl2N2O4/c20-14-6-7-17(16(21)12-14)26-13-18(24)22-8-10-23(11-9-22)19(25)27-15-4-2-1-3-5-15/h1-7,12H,8-11,13H2. The van der Waals surface area contributed by atoms with E-state index in [0.29, 0.717) is 47.7 Å². The van der Waals surface area contributed by atoms with Crippen LogP contribution in [0.2, 0.25) is 10.0 Å². The molecule has 2 amide bonds. The Morgan fingerprint density at radius 1 is 0.926 bits per heavy atom. The Hall–Kier alpha value is -2.44. The molecule has 3 rings (SSSR count). The van der Waals surface area contributed by atoms with Gasteiger partial charge in [0.1, 0.15) is 11.5 Å². The molecule has 0 saturated carbocycles. The van der Waals surface area contributed by atoms with E-state index in [1.807, 2.05) is 6.07 Å². The van der Waals surface area contributed by atoms with Crippen LogP contribution in [0.5, 0.6) is 11.5 Å². The quantitative estimate of drug-likeness (QED) is 0.773. The van der Waals surface area contributed by atoms with Crippen LogP contribution in [0.1, 0.15) is 0 Å². The summed E-state index contributed by atoms with van der Waals surface area (Å²) >= 11 is 11.9. The highest BCUT2D eigenvalue weighted by molar-refractivity contribution is 6.35. The molecular formula is C19H18Cl2N2O4. The van der Waals surface area contributed by atoms with E-state index in [4.69, 9.17) is 32.7 Å². The van der Waals surface area contributed by atoms with Crippen molar-refractivity contribution in [3.63, 3.8) is 0 Å². The number of piperazine rings is 1. The second kappa shape index (κ2) is 8.97. The summed E-state index contributed by atoms with van der Waals surface area (Å²) in [4.78, 5) is 27.7. The maximum atomic E-state index is 12.3. The number of halogens is 2. The number of nitrogens with zero attached hydrogens (tertiary/aromatic N) is 2. The van der Waals surface area contributed by atoms with Crippen molar-refractivity contribution >= 4 is 35.2 Å². The number of rotatable bonds is 4. The van der Waals surface area contributed by atoms with Gasteiger partial charge >= 0.3 is 6.09 Å². The summed E-state index contributed by atoms with van der Waals surface area (Å²) in [5, 5.41) is 0.848. The average Bonchev–Trinajstić information content (AvgIpc) is 2.68. The zero-order valence-electron chi connectivity index (χ0n) is 14.4. The van der Waals surface area contributed by atoms with E-state index in [2.05, 4.69) is 0 Å². The normalized spacial score (nSPS) is 14.0. The van der Waals surface area contributed by atoms with Crippen LogP contribution < -0.4 is 9.47 Å². The Labute approximate surface area is 167 Å². The highest BCUT2D eigenvalue weighted by atomic mass is 35.5. The molecule has 27 heavy (non-hydrogen) atoms. The van der Waals surface area contributed by atoms with Crippen LogP contribution in [-0.2, 0) is 4.79 Å². The highest BCUT2D eigenvalue weighted by Gasteiger charge is 2.25. The smallest absolute Gasteiger partial charge is 0.415 e. The Morgan fingerprint density at radius 3 is 2.26 bits per heavy atom. The topological polar surface area (TPSA) is 59.1 Å². The van der Waals surface area contributed by atoms with Crippen molar-refractivity contribution in [2.75, 3.05) is 32.8 Å². The van der Waals surface area contributed by atoms with Crippen LogP contribution in [-0.4, -0.2) is 54.6 Å². The average molecular weight is 409 g/mol. The van der Waals surface area contributed by atoms with Gasteiger partial charge in [-0.3, -0.25) is 4.79 Å². The van der Waals surface area contributed by atoms with Crippen molar-refractivity contribution in [3.8, 4) is 11.5 Å². The van der Waals surface area contributed by atoms with Gasteiger partial charge in [-0.1, -0.05) is 41.4 Å². The monoisotopic (exact) mass is 408 g/mol. The van der Waals surface area contributed by atoms with Crippen LogP contribution in [0, 0.1) is 0 Å². The lowest BCUT2D eigenvalue weighted by Crippen LogP contribution is -2.52. The van der Waals surface area contributed by atoms with E-state index in [-0.39, 0.29) is 12.5 Å². The minimum Gasteiger partial charge on any atom is -0.482 e. The summed E-state index contributed by atoms with van der Waals surface area (Å²) in [5.74, 6) is 0.728. The first kappa shape index (κ1) is 19.3. The van der Waals surface area contributed by atoms with Crippen LogP contribution in [0.4, 0.5) is 4.79 Å². The molecule has 1 aliphatic rings. The Morgan fingerprint density at radius 2 is 1.59 bits per heavy atom. The summed E-state index contributed by atoms with van der Waals surface area (Å²) in [5.41, 5.74) is 0. The van der Waals surface area contributed by atoms with Crippen molar-refractivity contribution in [2.24, 2.45) is 0 Å². The minimum atomic E-state index is -0.419. The molecule has 8 heteroatoms. The predicted molar refractivity (Wildman–Crippen MR) is 103 cm³/mol. The van der Waals surface area contributed by atoms with E-state index < -0.39 is 6.09 Å². The van der Waals surface area contributed by atoms with E-state index >= 15 is 0 Å². The lowest BCUT2D eigenvalue weighted by atomic mass is 10.3. The SMILES string of the molecule is O=C(COc1ccc(Cl)cc1Cl)N1CCN(C(=O)Oc2ccccc2)CC1. The molecule has 2 aromatic rings. The summed E-state index contributed by atoms with van der Waals surface area (Å²) in [7, 11) is 0. The Balaban J connectivity index is 1.45. The van der Waals surface area contributed by atoms with Crippen LogP contribution in [0.15, 0.2) is 48.5 Å². The van der Waals surface area contributed by atoms with Crippen LogP contribution in [0.25, 0.3) is 0 Å². The fraction of sp³-hybridized carbons (Fsp3) is 0.263. The van der Waals surface area contributed by atoms with Gasteiger partial charge < -0.3 is 19.3 Å². The first-order chi connectivity index (χ1) is 13.0. The molecule has 0 atom stereocenters. The molecule has 0 N–H and O–H groups in total. The van der Waals surface area contributed by atoms with Gasteiger partial charge in [0, 0.05) is 31.2 Å². The van der Waals surface area contributed by atoms with Gasteiger partial charge in [0.05, 0.1) is 5.02 Å². The molecule has 142 valence electrons. The van der Waals surface area contributed by atoms with Crippen LogP contribution in [0.3, 0.4) is 0 Å². The number of para-hydroxylation sites is 1. The van der Waals surface area contributed by atoms with Crippen molar-refractivity contribution in [2.45, 2.75) is 0 Å². The molecule has 0 radical (unpaired) electrons. The Kier molecular flexibility index (Phi) is 6.42. The van der Waals surface area contributed by atoms with E-state index in [1.165, 1.54) is 0 Å². The number of hydrogen-bond acceptors (Lipinski definition) is 4. The molecule has 1 fully saturated rings. The number of carbonyl (C=O) groups is 2. The molecule has 0 unspecified atom stereocenters. The van der Waals surface area contributed by atoms with Gasteiger partial charge in [0.2, 0.25) is 0 Å². The largest absolute Gasteiger partial charge is 0.482 e. The van der Waals surface area contributed by atoms with Crippen molar-refractivity contribution in [1.82, 2.24) is 9.80 Å². The summed E-state index contributed by atoms with van der Waals surface area (Å²) in [6.45, 7) is 1.51. The summed E-state index contributed by atoms with van der Waals surface area (Å²) in [6, 6.07) is 13.7. The van der Waals surface area contributed by atoms with E-state index in [0.717, 1.165) is 0 Å². The van der Waals surface area contributed by atoms with Gasteiger partial charge in [0.25, 0.3) is 5.91 Å². The third-order valence-electron chi connectivity index (χ3n) is 4.08. The maximum Gasteiger partial charge on any atom is 0.415 e. The van der Waals surface area contributed by atoms with E-state index in [9.17, 15) is 9.59 Å². The van der Waals surface area contributed by atoms with Gasteiger partial charge in [-0.15, -0.1) is 0 Å². The molecule has 1 heterocycles. The number of carbonyl (C=O) groups excluding carboxylic acids is 2. The molecule has 0 aliphatic carbocycles. The zero-order chi connectivity index (χ0) is 19.2. The number of ether oxygens (including phenoxy) is 2.